The van der Waals surface area contributed by atoms with Gasteiger partial charge in [0.05, 0.1) is 14.2 Å². The molecule has 2 aromatic carbocycles. The Kier molecular flexibility index (Phi) is 6.16. The summed E-state index contributed by atoms with van der Waals surface area (Å²) in [5.74, 6) is 1.33. The molecule has 1 aliphatic rings. The van der Waals surface area contributed by atoms with Crippen LogP contribution in [0.3, 0.4) is 0 Å². The normalized spacial score (nSPS) is 12.5. The third kappa shape index (κ3) is 4.62. The van der Waals surface area contributed by atoms with Gasteiger partial charge in [0.25, 0.3) is 0 Å². The van der Waals surface area contributed by atoms with Crippen LogP contribution in [0.15, 0.2) is 42.5 Å². The number of methoxy groups -OCH3 is 2. The molecule has 0 aliphatic carbocycles. The van der Waals surface area contributed by atoms with Crippen molar-refractivity contribution >= 4 is 17.8 Å². The molecule has 3 rings (SSSR count). The van der Waals surface area contributed by atoms with Crippen molar-refractivity contribution in [2.45, 2.75) is 0 Å². The zero-order valence-corrected chi connectivity index (χ0v) is 15.6. The van der Waals surface area contributed by atoms with Gasteiger partial charge in [-0.25, -0.2) is 4.79 Å². The van der Waals surface area contributed by atoms with Gasteiger partial charge in [0, 0.05) is 17.2 Å². The zero-order chi connectivity index (χ0) is 19.9. The molecule has 0 amide bonds. The maximum absolute atomic E-state index is 12.3. The third-order valence-electron chi connectivity index (χ3n) is 4.05. The number of rotatable bonds is 7. The predicted octanol–water partition coefficient (Wildman–Crippen LogP) is 2.91. The van der Waals surface area contributed by atoms with Gasteiger partial charge >= 0.3 is 5.97 Å². The van der Waals surface area contributed by atoms with Crippen LogP contribution in [0, 0.1) is 0 Å². The Bertz CT molecular complexity index is 902. The number of Topliss-reactive ketones (excluding diaryl/α,β-unsaturated/α-hetero) is 1. The fourth-order valence-corrected chi connectivity index (χ4v) is 2.61. The molecule has 0 atom stereocenters. The Morgan fingerprint density at radius 3 is 2.54 bits per heavy atom. The lowest BCUT2D eigenvalue weighted by Gasteiger charge is -2.18. The Labute approximate surface area is 162 Å². The van der Waals surface area contributed by atoms with Crippen molar-refractivity contribution in [3.05, 3.63) is 53.6 Å². The first kappa shape index (κ1) is 19.3. The first-order chi connectivity index (χ1) is 13.6. The summed E-state index contributed by atoms with van der Waals surface area (Å²) in [5, 5.41) is 0. The van der Waals surface area contributed by atoms with E-state index in [4.69, 9.17) is 23.7 Å². The van der Waals surface area contributed by atoms with Gasteiger partial charge in [-0.2, -0.15) is 0 Å². The van der Waals surface area contributed by atoms with Gasteiger partial charge < -0.3 is 23.7 Å². The second-order valence-electron chi connectivity index (χ2n) is 5.83. The van der Waals surface area contributed by atoms with Crippen molar-refractivity contribution < 1.29 is 33.3 Å². The molecule has 0 unspecified atom stereocenters. The van der Waals surface area contributed by atoms with E-state index in [1.165, 1.54) is 19.3 Å². The minimum absolute atomic E-state index is 0.335. The number of benzene rings is 2. The SMILES string of the molecule is COc1ccc(OC)c(/C=C/C(=O)OCC(=O)c2ccc3c(c2)OCCO3)c1. The second kappa shape index (κ2) is 8.94. The molecule has 28 heavy (non-hydrogen) atoms. The van der Waals surface area contributed by atoms with Crippen molar-refractivity contribution in [3.8, 4) is 23.0 Å². The summed E-state index contributed by atoms with van der Waals surface area (Å²) in [6.45, 7) is 0.526. The van der Waals surface area contributed by atoms with Crippen LogP contribution in [0.2, 0.25) is 0 Å². The summed E-state index contributed by atoms with van der Waals surface area (Å²) in [6, 6.07) is 10.1. The van der Waals surface area contributed by atoms with Crippen LogP contribution in [0.4, 0.5) is 0 Å². The van der Waals surface area contributed by atoms with Gasteiger partial charge in [-0.15, -0.1) is 0 Å². The highest BCUT2D eigenvalue weighted by atomic mass is 16.6. The first-order valence-electron chi connectivity index (χ1n) is 8.60. The smallest absolute Gasteiger partial charge is 0.331 e. The zero-order valence-electron chi connectivity index (χ0n) is 15.6. The molecule has 0 radical (unpaired) electrons. The van der Waals surface area contributed by atoms with E-state index in [9.17, 15) is 9.59 Å². The minimum atomic E-state index is -0.643. The molecule has 7 nitrogen and oxygen atoms in total. The van der Waals surface area contributed by atoms with E-state index in [1.807, 2.05) is 0 Å². The van der Waals surface area contributed by atoms with Crippen LogP contribution < -0.4 is 18.9 Å². The lowest BCUT2D eigenvalue weighted by atomic mass is 10.1. The standard InChI is InChI=1S/C21H20O7/c1-24-16-5-7-18(25-2)15(11-16)4-8-21(23)28-13-17(22)14-3-6-19-20(12-14)27-10-9-26-19/h3-8,11-12H,9-10,13H2,1-2H3/b8-4+. The summed E-state index contributed by atoms with van der Waals surface area (Å²) in [7, 11) is 3.08. The van der Waals surface area contributed by atoms with E-state index in [0.717, 1.165) is 0 Å². The van der Waals surface area contributed by atoms with E-state index in [-0.39, 0.29) is 12.4 Å². The highest BCUT2D eigenvalue weighted by molar-refractivity contribution is 5.99. The second-order valence-corrected chi connectivity index (χ2v) is 5.83. The Balaban J connectivity index is 1.60. The molecular formula is C21H20O7. The minimum Gasteiger partial charge on any atom is -0.497 e. The summed E-state index contributed by atoms with van der Waals surface area (Å²) < 4.78 is 26.3. The van der Waals surface area contributed by atoms with Gasteiger partial charge in [0.15, 0.2) is 23.9 Å². The van der Waals surface area contributed by atoms with Gasteiger partial charge in [0.2, 0.25) is 0 Å². The summed E-state index contributed by atoms with van der Waals surface area (Å²) in [5.41, 5.74) is 1.03. The number of esters is 1. The molecule has 0 saturated heterocycles. The molecule has 1 aliphatic heterocycles. The highest BCUT2D eigenvalue weighted by Gasteiger charge is 2.16. The maximum atomic E-state index is 12.3. The van der Waals surface area contributed by atoms with Crippen LogP contribution in [0.1, 0.15) is 15.9 Å². The molecule has 1 heterocycles. The Morgan fingerprint density at radius 1 is 1.00 bits per heavy atom. The van der Waals surface area contributed by atoms with Crippen LogP contribution >= 0.6 is 0 Å². The van der Waals surface area contributed by atoms with E-state index < -0.39 is 5.97 Å². The number of fused-ring (bicyclic) bond motifs is 1. The Hall–Kier alpha value is -3.48. The number of ketones is 1. The predicted molar refractivity (Wildman–Crippen MR) is 101 cm³/mol. The Morgan fingerprint density at radius 2 is 1.79 bits per heavy atom. The summed E-state index contributed by atoms with van der Waals surface area (Å²) in [6.07, 6.45) is 2.77. The van der Waals surface area contributed by atoms with Gasteiger partial charge in [0.1, 0.15) is 24.7 Å². The third-order valence-corrected chi connectivity index (χ3v) is 4.05. The first-order valence-corrected chi connectivity index (χ1v) is 8.60. The molecule has 0 bridgehead atoms. The average Bonchev–Trinajstić information content (AvgIpc) is 2.75. The molecule has 0 aromatic heterocycles. The van der Waals surface area contributed by atoms with E-state index in [2.05, 4.69) is 0 Å². The van der Waals surface area contributed by atoms with Crippen LogP contribution in [0.25, 0.3) is 6.08 Å². The van der Waals surface area contributed by atoms with Gasteiger partial charge in [-0.1, -0.05) is 0 Å². The number of carbonyl (C=O) groups is 2. The molecule has 146 valence electrons. The largest absolute Gasteiger partial charge is 0.497 e. The van der Waals surface area contributed by atoms with Crippen LogP contribution in [-0.2, 0) is 9.53 Å². The highest BCUT2D eigenvalue weighted by Crippen LogP contribution is 2.31. The monoisotopic (exact) mass is 384 g/mol. The average molecular weight is 384 g/mol. The number of ether oxygens (including phenoxy) is 5. The van der Waals surface area contributed by atoms with Crippen LogP contribution in [0.5, 0.6) is 23.0 Å². The van der Waals surface area contributed by atoms with Crippen LogP contribution in [-0.4, -0.2) is 45.8 Å². The number of hydrogen-bond acceptors (Lipinski definition) is 7. The summed E-state index contributed by atoms with van der Waals surface area (Å²) in [4.78, 5) is 24.2. The molecule has 0 fully saturated rings. The number of carbonyl (C=O) groups excluding carboxylic acids is 2. The molecular weight excluding hydrogens is 364 g/mol. The van der Waals surface area contributed by atoms with E-state index in [0.29, 0.717) is 47.3 Å². The van der Waals surface area contributed by atoms with Crippen molar-refractivity contribution in [1.82, 2.24) is 0 Å². The lowest BCUT2D eigenvalue weighted by molar-refractivity contribution is -0.136. The van der Waals surface area contributed by atoms with Gasteiger partial charge in [-0.3, -0.25) is 4.79 Å². The maximum Gasteiger partial charge on any atom is 0.331 e. The van der Waals surface area contributed by atoms with Crippen molar-refractivity contribution in [3.63, 3.8) is 0 Å². The number of hydrogen-bond donors (Lipinski definition) is 0. The molecule has 0 saturated carbocycles. The van der Waals surface area contributed by atoms with Crippen molar-refractivity contribution in [1.29, 1.82) is 0 Å². The van der Waals surface area contributed by atoms with Gasteiger partial charge in [-0.05, 0) is 42.5 Å². The molecule has 0 spiro atoms. The molecule has 2 aromatic rings. The fraction of sp³-hybridized carbons (Fsp3) is 0.238. The molecule has 7 heteroatoms. The van der Waals surface area contributed by atoms with Crippen molar-refractivity contribution in [2.75, 3.05) is 34.0 Å². The molecule has 0 N–H and O–H groups in total. The van der Waals surface area contributed by atoms with Crippen molar-refractivity contribution in [2.24, 2.45) is 0 Å². The van der Waals surface area contributed by atoms with E-state index in [1.54, 1.807) is 43.5 Å². The lowest BCUT2D eigenvalue weighted by Crippen LogP contribution is -2.17. The topological polar surface area (TPSA) is 80.3 Å². The quantitative estimate of drug-likeness (QED) is 0.412. The summed E-state index contributed by atoms with van der Waals surface area (Å²) >= 11 is 0. The van der Waals surface area contributed by atoms with E-state index >= 15 is 0 Å². The fourth-order valence-electron chi connectivity index (χ4n) is 2.61.